The zero-order chi connectivity index (χ0) is 69.1. The molecule has 94 heavy (non-hydrogen) atoms. The molecule has 0 aromatic rings. The van der Waals surface area contributed by atoms with Crippen molar-refractivity contribution in [1.29, 1.82) is 0 Å². The second-order valence-corrected chi connectivity index (χ2v) is 30.4. The molecular formula is C75H146O17P2. The van der Waals surface area contributed by atoms with Crippen molar-refractivity contribution in [3.63, 3.8) is 0 Å². The molecule has 19 heteroatoms. The Kier molecular flexibility index (Phi) is 66.8. The molecule has 0 aromatic heterocycles. The fraction of sp³-hybridized carbons (Fsp3) is 0.947. The number of carbonyl (C=O) groups excluding carboxylic acids is 4. The van der Waals surface area contributed by atoms with Crippen LogP contribution in [0.2, 0.25) is 0 Å². The number of rotatable bonds is 75. The molecule has 0 aromatic carbocycles. The third-order valence-electron chi connectivity index (χ3n) is 17.5. The normalized spacial score (nSPS) is 14.0. The summed E-state index contributed by atoms with van der Waals surface area (Å²) in [7, 11) is -9.90. The summed E-state index contributed by atoms with van der Waals surface area (Å²) in [4.78, 5) is 72.5. The van der Waals surface area contributed by atoms with Crippen LogP contribution in [0, 0.1) is 5.92 Å². The molecule has 5 atom stereocenters. The average Bonchev–Trinajstić information content (AvgIpc) is 1.54. The number of ether oxygens (including phenoxy) is 4. The van der Waals surface area contributed by atoms with Crippen molar-refractivity contribution in [2.75, 3.05) is 39.6 Å². The minimum Gasteiger partial charge on any atom is -0.462 e. The van der Waals surface area contributed by atoms with E-state index in [9.17, 15) is 43.2 Å². The summed E-state index contributed by atoms with van der Waals surface area (Å²) >= 11 is 0. The van der Waals surface area contributed by atoms with Gasteiger partial charge in [-0.05, 0) is 31.6 Å². The molecule has 0 bridgehead atoms. The standard InChI is InChI=1S/C75H146O17P2/c1-6-9-12-15-18-20-21-22-23-24-25-26-27-28-29-30-35-38-41-46-51-56-61-75(80)92-71(65-86-73(78)59-54-49-45-40-37-34-32-31-33-36-39-43-47-52-57-68(4)5)67-90-94(83,84)88-63-69(76)62-87-93(81,82)89-66-70(64-85-72(77)58-53-48-42-17-14-11-8-3)91-74(79)60-55-50-44-19-16-13-10-7-2/h68-71,76H,6-67H2,1-5H3,(H,81,82)(H,83,84)/t69-,70+,71+/m0/s1. The molecule has 0 spiro atoms. The van der Waals surface area contributed by atoms with Gasteiger partial charge in [-0.1, -0.05) is 343 Å². The highest BCUT2D eigenvalue weighted by atomic mass is 31.2. The maximum absolute atomic E-state index is 13.1. The van der Waals surface area contributed by atoms with E-state index in [4.69, 9.17) is 37.0 Å². The summed E-state index contributed by atoms with van der Waals surface area (Å²) < 4.78 is 68.2. The van der Waals surface area contributed by atoms with Crippen molar-refractivity contribution in [3.05, 3.63) is 0 Å². The van der Waals surface area contributed by atoms with Gasteiger partial charge in [-0.25, -0.2) is 9.13 Å². The van der Waals surface area contributed by atoms with Crippen molar-refractivity contribution >= 4 is 39.5 Å². The Morgan fingerprint density at radius 1 is 0.287 bits per heavy atom. The Hall–Kier alpha value is -1.94. The van der Waals surface area contributed by atoms with Crippen LogP contribution in [0.1, 0.15) is 394 Å². The lowest BCUT2D eigenvalue weighted by Crippen LogP contribution is -2.30. The molecule has 0 saturated carbocycles. The summed E-state index contributed by atoms with van der Waals surface area (Å²) in [5.41, 5.74) is 0. The van der Waals surface area contributed by atoms with Crippen LogP contribution in [0.25, 0.3) is 0 Å². The fourth-order valence-corrected chi connectivity index (χ4v) is 13.1. The van der Waals surface area contributed by atoms with E-state index in [1.54, 1.807) is 0 Å². The number of unbranched alkanes of at least 4 members (excludes halogenated alkanes) is 47. The first-order chi connectivity index (χ1) is 45.5. The lowest BCUT2D eigenvalue weighted by molar-refractivity contribution is -0.161. The topological polar surface area (TPSA) is 237 Å². The smallest absolute Gasteiger partial charge is 0.462 e. The van der Waals surface area contributed by atoms with Gasteiger partial charge in [-0.15, -0.1) is 0 Å². The summed E-state index contributed by atoms with van der Waals surface area (Å²) in [6.45, 7) is 7.23. The van der Waals surface area contributed by atoms with Gasteiger partial charge in [0, 0.05) is 25.7 Å². The largest absolute Gasteiger partial charge is 0.472 e. The van der Waals surface area contributed by atoms with Crippen LogP contribution >= 0.6 is 15.6 Å². The van der Waals surface area contributed by atoms with Crippen LogP contribution < -0.4 is 0 Å². The monoisotopic (exact) mass is 1380 g/mol. The molecule has 0 aliphatic carbocycles. The molecule has 17 nitrogen and oxygen atoms in total. The molecule has 0 saturated heterocycles. The lowest BCUT2D eigenvalue weighted by Gasteiger charge is -2.21. The molecule has 0 radical (unpaired) electrons. The predicted molar refractivity (Wildman–Crippen MR) is 382 cm³/mol. The summed E-state index contributed by atoms with van der Waals surface area (Å²) in [5.74, 6) is -1.33. The first-order valence-corrected chi connectivity index (χ1v) is 42.1. The van der Waals surface area contributed by atoms with E-state index < -0.39 is 97.5 Å². The van der Waals surface area contributed by atoms with Crippen LogP contribution in [0.3, 0.4) is 0 Å². The average molecular weight is 1380 g/mol. The van der Waals surface area contributed by atoms with E-state index >= 15 is 0 Å². The number of aliphatic hydroxyl groups is 1. The van der Waals surface area contributed by atoms with Crippen LogP contribution in [-0.2, 0) is 65.4 Å². The van der Waals surface area contributed by atoms with Gasteiger partial charge in [0.2, 0.25) is 0 Å². The molecule has 0 rings (SSSR count). The number of esters is 4. The Morgan fingerprint density at radius 2 is 0.489 bits per heavy atom. The highest BCUT2D eigenvalue weighted by Gasteiger charge is 2.30. The van der Waals surface area contributed by atoms with E-state index in [-0.39, 0.29) is 25.7 Å². The summed E-state index contributed by atoms with van der Waals surface area (Å²) in [6, 6.07) is 0. The minimum absolute atomic E-state index is 0.105. The first-order valence-electron chi connectivity index (χ1n) is 39.1. The third-order valence-corrected chi connectivity index (χ3v) is 19.4. The van der Waals surface area contributed by atoms with Crippen molar-refractivity contribution < 1.29 is 80.2 Å². The lowest BCUT2D eigenvalue weighted by atomic mass is 10.0. The van der Waals surface area contributed by atoms with E-state index in [2.05, 4.69) is 34.6 Å². The van der Waals surface area contributed by atoms with Gasteiger partial charge in [0.25, 0.3) is 0 Å². The number of carbonyl (C=O) groups is 4. The molecule has 0 heterocycles. The molecular weight excluding hydrogens is 1230 g/mol. The summed E-state index contributed by atoms with van der Waals surface area (Å²) in [6.07, 6.45) is 57.3. The van der Waals surface area contributed by atoms with Gasteiger partial charge in [0.05, 0.1) is 26.4 Å². The predicted octanol–water partition coefficient (Wildman–Crippen LogP) is 22.1. The van der Waals surface area contributed by atoms with Gasteiger partial charge < -0.3 is 33.8 Å². The Balaban J connectivity index is 5.11. The number of aliphatic hydroxyl groups excluding tert-OH is 1. The van der Waals surface area contributed by atoms with E-state index in [1.165, 1.54) is 199 Å². The Labute approximate surface area is 575 Å². The SMILES string of the molecule is CCCCCCCCCCCCCCCCCCCCCCCCC(=O)O[C@H](COC(=O)CCCCCCCCCCCCCCCCC(C)C)COP(=O)(O)OC[C@@H](O)COP(=O)(O)OC[C@@H](COC(=O)CCCCCCCCC)OC(=O)CCCCCCCCCC. The van der Waals surface area contributed by atoms with Crippen LogP contribution in [-0.4, -0.2) is 96.7 Å². The quantitative estimate of drug-likeness (QED) is 0.0222. The van der Waals surface area contributed by atoms with Crippen LogP contribution in [0.4, 0.5) is 0 Å². The van der Waals surface area contributed by atoms with Gasteiger partial charge in [0.1, 0.15) is 19.3 Å². The third kappa shape index (κ3) is 68.6. The minimum atomic E-state index is -4.95. The van der Waals surface area contributed by atoms with E-state index in [0.29, 0.717) is 25.7 Å². The molecule has 558 valence electrons. The van der Waals surface area contributed by atoms with Crippen molar-refractivity contribution in [3.8, 4) is 0 Å². The van der Waals surface area contributed by atoms with Crippen LogP contribution in [0.5, 0.6) is 0 Å². The molecule has 2 unspecified atom stereocenters. The Bertz CT molecular complexity index is 1810. The second kappa shape index (κ2) is 68.2. The van der Waals surface area contributed by atoms with Gasteiger partial charge >= 0.3 is 39.5 Å². The molecule has 0 fully saturated rings. The van der Waals surface area contributed by atoms with Crippen molar-refractivity contribution in [1.82, 2.24) is 0 Å². The Morgan fingerprint density at radius 3 is 0.723 bits per heavy atom. The fourth-order valence-electron chi connectivity index (χ4n) is 11.5. The molecule has 0 aliphatic heterocycles. The van der Waals surface area contributed by atoms with Gasteiger partial charge in [-0.3, -0.25) is 37.3 Å². The van der Waals surface area contributed by atoms with Crippen molar-refractivity contribution in [2.24, 2.45) is 5.92 Å². The highest BCUT2D eigenvalue weighted by Crippen LogP contribution is 2.45. The molecule has 0 amide bonds. The second-order valence-electron chi connectivity index (χ2n) is 27.5. The summed E-state index contributed by atoms with van der Waals surface area (Å²) in [5, 5.41) is 10.6. The number of phosphoric acid groups is 2. The maximum atomic E-state index is 13.1. The molecule has 3 N–H and O–H groups in total. The van der Waals surface area contributed by atoms with Crippen LogP contribution in [0.15, 0.2) is 0 Å². The number of hydrogen-bond donors (Lipinski definition) is 3. The number of hydrogen-bond acceptors (Lipinski definition) is 15. The van der Waals surface area contributed by atoms with E-state index in [1.807, 2.05) is 0 Å². The maximum Gasteiger partial charge on any atom is 0.472 e. The number of phosphoric ester groups is 2. The zero-order valence-electron chi connectivity index (χ0n) is 61.1. The van der Waals surface area contributed by atoms with Crippen molar-refractivity contribution in [2.45, 2.75) is 412 Å². The first kappa shape index (κ1) is 92.1. The highest BCUT2D eigenvalue weighted by molar-refractivity contribution is 7.47. The molecule has 0 aliphatic rings. The van der Waals surface area contributed by atoms with Gasteiger partial charge in [-0.2, -0.15) is 0 Å². The van der Waals surface area contributed by atoms with E-state index in [0.717, 1.165) is 115 Å². The zero-order valence-corrected chi connectivity index (χ0v) is 62.9. The van der Waals surface area contributed by atoms with Gasteiger partial charge in [0.15, 0.2) is 12.2 Å².